The van der Waals surface area contributed by atoms with Crippen LogP contribution in [-0.4, -0.2) is 21.6 Å². The summed E-state index contributed by atoms with van der Waals surface area (Å²) >= 11 is 0. The zero-order chi connectivity index (χ0) is 15.9. The molecule has 2 aromatic heterocycles. The number of nitrogens with zero attached hydrogens (tertiary/aromatic N) is 2. The minimum Gasteiger partial charge on any atom is -0.488 e. The molecule has 0 bridgehead atoms. The summed E-state index contributed by atoms with van der Waals surface area (Å²) in [5, 5.41) is 0. The van der Waals surface area contributed by atoms with Gasteiger partial charge in [-0.2, -0.15) is 0 Å². The number of benzene rings is 2. The normalized spacial score (nSPS) is 13.4. The molecule has 2 aromatic carbocycles. The van der Waals surface area contributed by atoms with Crippen LogP contribution in [0.5, 0.6) is 5.75 Å². The molecule has 1 aliphatic rings. The minimum atomic E-state index is 0.506. The van der Waals surface area contributed by atoms with Gasteiger partial charge in [0.05, 0.1) is 17.2 Å². The molecule has 3 heterocycles. The number of para-hydroxylation sites is 1. The molecule has 1 N–H and O–H groups in total. The van der Waals surface area contributed by atoms with Gasteiger partial charge in [-0.15, -0.1) is 0 Å². The fourth-order valence-corrected chi connectivity index (χ4v) is 2.93. The van der Waals surface area contributed by atoms with Gasteiger partial charge in [0.2, 0.25) is 0 Å². The number of ether oxygens (including phenoxy) is 1. The highest BCUT2D eigenvalue weighted by Crippen LogP contribution is 2.30. The lowest BCUT2D eigenvalue weighted by Gasteiger charge is -2.16. The topological polar surface area (TPSA) is 63.9 Å². The van der Waals surface area contributed by atoms with Crippen LogP contribution in [0.3, 0.4) is 0 Å². The molecule has 24 heavy (non-hydrogen) atoms. The van der Waals surface area contributed by atoms with Crippen molar-refractivity contribution < 1.29 is 9.15 Å². The standard InChI is InChI=1S/C19H13N3O2/c1-2-4-17-12(3-1)7-14(10-23-17)19-21-15-6-5-13(8-16(15)22-19)18-9-20-11-24-18/h1-9,11H,10H2,(H,21,22). The van der Waals surface area contributed by atoms with Crippen LogP contribution in [0.2, 0.25) is 0 Å². The van der Waals surface area contributed by atoms with Crippen molar-refractivity contribution in [2.75, 3.05) is 6.61 Å². The molecule has 1 aliphatic heterocycles. The van der Waals surface area contributed by atoms with E-state index in [1.165, 1.54) is 6.39 Å². The van der Waals surface area contributed by atoms with Crippen molar-refractivity contribution in [3.05, 3.63) is 66.4 Å². The molecule has 0 spiro atoms. The SMILES string of the molecule is C1=C(c2nc3ccc(-c4cnco4)cc3[nH]2)COc2ccccc21. The Hall–Kier alpha value is -3.34. The van der Waals surface area contributed by atoms with Crippen LogP contribution in [0.1, 0.15) is 11.4 Å². The number of hydrogen-bond donors (Lipinski definition) is 1. The molecule has 116 valence electrons. The molecule has 0 atom stereocenters. The molecule has 5 rings (SSSR count). The maximum Gasteiger partial charge on any atom is 0.181 e. The van der Waals surface area contributed by atoms with E-state index in [-0.39, 0.29) is 0 Å². The first-order valence-corrected chi connectivity index (χ1v) is 7.68. The quantitative estimate of drug-likeness (QED) is 0.603. The van der Waals surface area contributed by atoms with Crippen LogP contribution in [0.15, 0.2) is 59.5 Å². The van der Waals surface area contributed by atoms with Crippen molar-refractivity contribution in [2.45, 2.75) is 0 Å². The first-order chi connectivity index (χ1) is 11.9. The van der Waals surface area contributed by atoms with Gasteiger partial charge < -0.3 is 14.1 Å². The molecule has 5 nitrogen and oxygen atoms in total. The first kappa shape index (κ1) is 13.1. The van der Waals surface area contributed by atoms with Crippen LogP contribution < -0.4 is 4.74 Å². The van der Waals surface area contributed by atoms with Crippen LogP contribution in [0.25, 0.3) is 34.0 Å². The monoisotopic (exact) mass is 315 g/mol. The Morgan fingerprint density at radius 1 is 1.08 bits per heavy atom. The molecular weight excluding hydrogens is 302 g/mol. The number of oxazole rings is 1. The summed E-state index contributed by atoms with van der Waals surface area (Å²) in [5.41, 5.74) is 4.94. The summed E-state index contributed by atoms with van der Waals surface area (Å²) in [6, 6.07) is 14.0. The third kappa shape index (κ3) is 2.10. The van der Waals surface area contributed by atoms with Crippen LogP contribution in [0, 0.1) is 0 Å². The number of fused-ring (bicyclic) bond motifs is 2. The number of rotatable bonds is 2. The van der Waals surface area contributed by atoms with Gasteiger partial charge >= 0.3 is 0 Å². The van der Waals surface area contributed by atoms with E-state index in [0.29, 0.717) is 6.61 Å². The maximum atomic E-state index is 5.82. The number of nitrogens with one attached hydrogen (secondary N) is 1. The lowest BCUT2D eigenvalue weighted by Crippen LogP contribution is -2.07. The predicted molar refractivity (Wildman–Crippen MR) is 91.4 cm³/mol. The summed E-state index contributed by atoms with van der Waals surface area (Å²) in [5.74, 6) is 2.47. The van der Waals surface area contributed by atoms with E-state index in [1.807, 2.05) is 42.5 Å². The first-order valence-electron chi connectivity index (χ1n) is 7.68. The Bertz CT molecular complexity index is 1060. The molecule has 0 aliphatic carbocycles. The highest BCUT2D eigenvalue weighted by atomic mass is 16.5. The molecule has 5 heteroatoms. The third-order valence-corrected chi connectivity index (χ3v) is 4.13. The number of imidazole rings is 1. The van der Waals surface area contributed by atoms with Gasteiger partial charge in [-0.05, 0) is 30.3 Å². The summed E-state index contributed by atoms with van der Waals surface area (Å²) in [7, 11) is 0. The van der Waals surface area contributed by atoms with Gasteiger partial charge in [-0.25, -0.2) is 9.97 Å². The van der Waals surface area contributed by atoms with E-state index in [0.717, 1.165) is 45.1 Å². The molecular formula is C19H13N3O2. The van der Waals surface area contributed by atoms with Gasteiger partial charge in [0.1, 0.15) is 18.2 Å². The lowest BCUT2D eigenvalue weighted by atomic mass is 10.1. The van der Waals surface area contributed by atoms with Crippen molar-refractivity contribution >= 4 is 22.7 Å². The number of aromatic amines is 1. The van der Waals surface area contributed by atoms with Crippen LogP contribution in [-0.2, 0) is 0 Å². The van der Waals surface area contributed by atoms with Gasteiger partial charge in [0.25, 0.3) is 0 Å². The average molecular weight is 315 g/mol. The molecule has 0 fully saturated rings. The van der Waals surface area contributed by atoms with Crippen molar-refractivity contribution in [3.63, 3.8) is 0 Å². The number of hydrogen-bond acceptors (Lipinski definition) is 4. The second-order valence-corrected chi connectivity index (χ2v) is 5.68. The van der Waals surface area contributed by atoms with Crippen molar-refractivity contribution in [1.29, 1.82) is 0 Å². The van der Waals surface area contributed by atoms with Crippen LogP contribution >= 0.6 is 0 Å². The summed E-state index contributed by atoms with van der Waals surface area (Å²) in [6.07, 6.45) is 5.25. The maximum absolute atomic E-state index is 5.82. The Kier molecular flexibility index (Phi) is 2.79. The zero-order valence-corrected chi connectivity index (χ0v) is 12.7. The van der Waals surface area contributed by atoms with E-state index in [9.17, 15) is 0 Å². The summed E-state index contributed by atoms with van der Waals surface area (Å²) in [4.78, 5) is 12.0. The van der Waals surface area contributed by atoms with E-state index in [2.05, 4.69) is 21.0 Å². The van der Waals surface area contributed by atoms with Crippen molar-refractivity contribution in [1.82, 2.24) is 15.0 Å². The van der Waals surface area contributed by atoms with Gasteiger partial charge in [-0.1, -0.05) is 18.2 Å². The van der Waals surface area contributed by atoms with Crippen molar-refractivity contribution in [3.8, 4) is 17.1 Å². The summed E-state index contributed by atoms with van der Waals surface area (Å²) in [6.45, 7) is 0.506. The van der Waals surface area contributed by atoms with Gasteiger partial charge in [-0.3, -0.25) is 0 Å². The fourth-order valence-electron chi connectivity index (χ4n) is 2.93. The fraction of sp³-hybridized carbons (Fsp3) is 0.0526. The van der Waals surface area contributed by atoms with Crippen LogP contribution in [0.4, 0.5) is 0 Å². The van der Waals surface area contributed by atoms with Gasteiger partial charge in [0.15, 0.2) is 12.2 Å². The zero-order valence-electron chi connectivity index (χ0n) is 12.7. The van der Waals surface area contributed by atoms with E-state index >= 15 is 0 Å². The molecule has 4 aromatic rings. The predicted octanol–water partition coefficient (Wildman–Crippen LogP) is 4.15. The second-order valence-electron chi connectivity index (χ2n) is 5.68. The Morgan fingerprint density at radius 2 is 2.04 bits per heavy atom. The van der Waals surface area contributed by atoms with E-state index < -0.39 is 0 Å². The average Bonchev–Trinajstić information content (AvgIpc) is 3.30. The Labute approximate surface area is 137 Å². The van der Waals surface area contributed by atoms with E-state index in [4.69, 9.17) is 9.15 Å². The van der Waals surface area contributed by atoms with E-state index in [1.54, 1.807) is 6.20 Å². The molecule has 0 unspecified atom stereocenters. The Morgan fingerprint density at radius 3 is 2.96 bits per heavy atom. The van der Waals surface area contributed by atoms with Gasteiger partial charge in [0, 0.05) is 16.7 Å². The molecule has 0 amide bonds. The van der Waals surface area contributed by atoms with Crippen molar-refractivity contribution in [2.24, 2.45) is 0 Å². The molecule has 0 saturated heterocycles. The summed E-state index contributed by atoms with van der Waals surface area (Å²) < 4.78 is 11.2. The highest BCUT2D eigenvalue weighted by Gasteiger charge is 2.15. The smallest absolute Gasteiger partial charge is 0.181 e. The molecule has 0 saturated carbocycles. The lowest BCUT2D eigenvalue weighted by molar-refractivity contribution is 0.365. The largest absolute Gasteiger partial charge is 0.488 e. The second kappa shape index (κ2) is 5.09. The third-order valence-electron chi connectivity index (χ3n) is 4.13. The Balaban J connectivity index is 1.58. The molecule has 0 radical (unpaired) electrons. The minimum absolute atomic E-state index is 0.506. The number of aromatic nitrogens is 3. The number of H-pyrrole nitrogens is 1. The highest BCUT2D eigenvalue weighted by molar-refractivity contribution is 5.88.